The van der Waals surface area contributed by atoms with Gasteiger partial charge in [-0.05, 0) is 63.3 Å². The molecule has 2 aliphatic heterocycles. The second-order valence-corrected chi connectivity index (χ2v) is 17.6. The normalized spacial score (nSPS) is 22.7. The number of nitrogens with one attached hydrogen (secondary N) is 3. The number of benzene rings is 1. The molecule has 0 bridgehead atoms. The number of carbonyl (C=O) groups excluding carboxylic acids is 5. The number of aromatic nitrogens is 3. The van der Waals surface area contributed by atoms with Crippen LogP contribution in [-0.4, -0.2) is 106 Å². The zero-order chi connectivity index (χ0) is 39.5. The fourth-order valence-corrected chi connectivity index (χ4v) is 9.44. The molecule has 2 aliphatic carbocycles. The van der Waals surface area contributed by atoms with Gasteiger partial charge in [0.05, 0.1) is 22.8 Å². The summed E-state index contributed by atoms with van der Waals surface area (Å²) in [5.74, 6) is -3.85. The number of ether oxygens (including phenoxy) is 1. The number of sulfonamides is 1. The quantitative estimate of drug-likeness (QED) is 0.169. The van der Waals surface area contributed by atoms with Gasteiger partial charge in [0, 0.05) is 50.6 Å². The molecule has 4 fully saturated rings. The van der Waals surface area contributed by atoms with Gasteiger partial charge in [0.15, 0.2) is 0 Å². The first-order valence-corrected chi connectivity index (χ1v) is 20.7. The monoisotopic (exact) mass is 784 g/mol. The topological polar surface area (TPSA) is 245 Å². The van der Waals surface area contributed by atoms with Crippen molar-refractivity contribution in [1.29, 1.82) is 0 Å². The van der Waals surface area contributed by atoms with Gasteiger partial charge in [-0.2, -0.15) is 0 Å². The van der Waals surface area contributed by atoms with Crippen molar-refractivity contribution in [3.05, 3.63) is 41.7 Å². The van der Waals surface area contributed by atoms with Crippen molar-refractivity contribution >= 4 is 39.4 Å². The van der Waals surface area contributed by atoms with Gasteiger partial charge >= 0.3 is 0 Å². The summed E-state index contributed by atoms with van der Waals surface area (Å²) in [6, 6.07) is 2.55. The minimum atomic E-state index is -3.77. The Hall–Kier alpha value is -4.26. The van der Waals surface area contributed by atoms with Gasteiger partial charge in [0.1, 0.15) is 23.2 Å². The maximum Gasteiger partial charge on any atom is 0.287 e. The van der Waals surface area contributed by atoms with E-state index < -0.39 is 68.7 Å². The highest BCUT2D eigenvalue weighted by Gasteiger charge is 2.49. The fourth-order valence-electron chi connectivity index (χ4n) is 8.14. The number of amides is 4. The highest BCUT2D eigenvalue weighted by atomic mass is 32.2. The van der Waals surface area contributed by atoms with Crippen molar-refractivity contribution in [3.63, 3.8) is 0 Å². The van der Waals surface area contributed by atoms with Crippen LogP contribution in [0.15, 0.2) is 35.4 Å². The molecular weight excluding hydrogens is 733 g/mol. The Balaban J connectivity index is 1.29. The number of aliphatic hydroxyl groups is 1. The third-order valence-electron chi connectivity index (χ3n) is 11.5. The van der Waals surface area contributed by atoms with Gasteiger partial charge in [-0.1, -0.05) is 43.7 Å². The average Bonchev–Trinajstić information content (AvgIpc) is 3.82. The van der Waals surface area contributed by atoms with Crippen molar-refractivity contribution < 1.29 is 42.2 Å². The van der Waals surface area contributed by atoms with E-state index in [0.29, 0.717) is 12.1 Å². The molecule has 3 heterocycles. The second-order valence-electron chi connectivity index (χ2n) is 15.9. The number of ketones is 1. The zero-order valence-electron chi connectivity index (χ0n) is 31.4. The van der Waals surface area contributed by atoms with Gasteiger partial charge in [0.25, 0.3) is 11.8 Å². The minimum Gasteiger partial charge on any atom is -0.384 e. The van der Waals surface area contributed by atoms with Crippen LogP contribution < -0.4 is 21.1 Å². The molecule has 4 amide bonds. The van der Waals surface area contributed by atoms with Crippen LogP contribution in [0.4, 0.5) is 0 Å². The third kappa shape index (κ3) is 9.08. The van der Waals surface area contributed by atoms with Crippen molar-refractivity contribution in [2.75, 3.05) is 19.8 Å². The summed E-state index contributed by atoms with van der Waals surface area (Å²) in [6.07, 6.45) is 9.02. The molecule has 3 atom stereocenters. The van der Waals surface area contributed by atoms with Crippen LogP contribution in [0.2, 0.25) is 0 Å². The van der Waals surface area contributed by atoms with Crippen LogP contribution in [0, 0.1) is 5.92 Å². The first-order chi connectivity index (χ1) is 26.1. The molecule has 55 heavy (non-hydrogen) atoms. The van der Waals surface area contributed by atoms with Crippen LogP contribution >= 0.6 is 0 Å². The first-order valence-electron chi connectivity index (χ1n) is 19.2. The van der Waals surface area contributed by atoms with E-state index in [2.05, 4.69) is 25.7 Å². The molecule has 18 heteroatoms. The van der Waals surface area contributed by atoms with Crippen molar-refractivity contribution in [3.8, 4) is 0 Å². The number of carbonyl (C=O) groups is 5. The number of hydrogen-bond donors (Lipinski definition) is 5. The Morgan fingerprint density at radius 3 is 2.29 bits per heavy atom. The molecular formula is C37H52N8O9S. The molecule has 6 N–H and O–H groups in total. The zero-order valence-corrected chi connectivity index (χ0v) is 32.2. The Kier molecular flexibility index (Phi) is 12.1. The van der Waals surface area contributed by atoms with Gasteiger partial charge in [-0.15, -0.1) is 5.10 Å². The first kappa shape index (κ1) is 40.4. The van der Waals surface area contributed by atoms with E-state index in [-0.39, 0.29) is 61.4 Å². The Morgan fingerprint density at radius 1 is 1.02 bits per heavy atom. The van der Waals surface area contributed by atoms with Crippen LogP contribution in [-0.2, 0) is 39.5 Å². The lowest BCUT2D eigenvalue weighted by Crippen LogP contribution is -2.64. The summed E-state index contributed by atoms with van der Waals surface area (Å²) in [5.41, 5.74) is 2.95. The standard InChI is InChI=1S/C37H52N8O9S/c1-36(2,51)30-21-39-43-45(30)26-20-29(34(49)41-37(31(46)32(38)47)15-17-54-18-16-37)44(22-26)35(50)28(19-23-7-4-3-5-8-23)40-33(48)24-11-13-27(14-12-24)55(52,53)42-25-9-6-10-25/h11-14,21,23,25-26,28-29,42,51H,3-10,15-20,22H2,1-2H3,(H2,38,47)(H,40,48)(H,41,49)/t26-,28+,29-/m0/s1. The Labute approximate surface area is 320 Å². The number of hydrogen-bond acceptors (Lipinski definition) is 11. The SMILES string of the molecule is CC(C)(O)c1cnnn1[C@H]1C[C@@H](C(=O)NC2(C(=O)C(N)=O)CCOCC2)N(C(=O)[C@@H](CC2CCCCC2)NC(=O)c2ccc(S(=O)(=O)NC3CCC3)cc2)C1. The smallest absolute Gasteiger partial charge is 0.287 e. The highest BCUT2D eigenvalue weighted by Crippen LogP contribution is 2.34. The molecule has 0 unspecified atom stereocenters. The molecule has 17 nitrogen and oxygen atoms in total. The molecule has 4 aliphatic rings. The van der Waals surface area contributed by atoms with Crippen LogP contribution in [0.3, 0.4) is 0 Å². The third-order valence-corrected chi connectivity index (χ3v) is 13.1. The van der Waals surface area contributed by atoms with Crippen molar-refractivity contribution in [2.24, 2.45) is 11.7 Å². The lowest BCUT2D eigenvalue weighted by atomic mass is 9.84. The summed E-state index contributed by atoms with van der Waals surface area (Å²) in [4.78, 5) is 69.7. The largest absolute Gasteiger partial charge is 0.384 e. The summed E-state index contributed by atoms with van der Waals surface area (Å²) < 4.78 is 35.3. The molecule has 6 rings (SSSR count). The second kappa shape index (κ2) is 16.5. The summed E-state index contributed by atoms with van der Waals surface area (Å²) >= 11 is 0. The summed E-state index contributed by atoms with van der Waals surface area (Å²) in [6.45, 7) is 3.29. The lowest BCUT2D eigenvalue weighted by molar-refractivity contribution is -0.147. The van der Waals surface area contributed by atoms with Crippen molar-refractivity contribution in [1.82, 2.24) is 35.2 Å². The maximum absolute atomic E-state index is 14.8. The average molecular weight is 785 g/mol. The summed E-state index contributed by atoms with van der Waals surface area (Å²) in [5, 5.41) is 24.7. The maximum atomic E-state index is 14.8. The molecule has 1 aromatic heterocycles. The number of rotatable bonds is 14. The molecule has 300 valence electrons. The van der Waals surface area contributed by atoms with Crippen LogP contribution in [0.5, 0.6) is 0 Å². The lowest BCUT2D eigenvalue weighted by Gasteiger charge is -2.37. The number of primary amides is 1. The molecule has 2 aromatic rings. The number of nitrogens with zero attached hydrogens (tertiary/aromatic N) is 4. The van der Waals surface area contributed by atoms with E-state index in [1.54, 1.807) is 13.8 Å². The van der Waals surface area contributed by atoms with Gasteiger partial charge in [-0.3, -0.25) is 24.0 Å². The molecule has 1 aromatic carbocycles. The van der Waals surface area contributed by atoms with E-state index in [0.717, 1.165) is 51.4 Å². The number of likely N-dealkylation sites (tertiary alicyclic amines) is 1. The van der Waals surface area contributed by atoms with Crippen molar-refractivity contribution in [2.45, 2.75) is 131 Å². The van der Waals surface area contributed by atoms with Gasteiger partial charge < -0.3 is 31.1 Å². The molecule has 0 radical (unpaired) electrons. The summed E-state index contributed by atoms with van der Waals surface area (Å²) in [7, 11) is -3.77. The van der Waals surface area contributed by atoms with Gasteiger partial charge in [0.2, 0.25) is 27.6 Å². The highest BCUT2D eigenvalue weighted by molar-refractivity contribution is 7.89. The van der Waals surface area contributed by atoms with E-state index in [9.17, 15) is 37.5 Å². The molecule has 2 saturated carbocycles. The number of nitrogens with two attached hydrogens (primary N) is 1. The molecule has 2 saturated heterocycles. The van der Waals surface area contributed by atoms with Crippen LogP contribution in [0.1, 0.15) is 113 Å². The molecule has 0 spiro atoms. The Bertz CT molecular complexity index is 1860. The predicted molar refractivity (Wildman–Crippen MR) is 196 cm³/mol. The van der Waals surface area contributed by atoms with E-state index in [1.165, 1.54) is 40.0 Å². The predicted octanol–water partition coefficient (Wildman–Crippen LogP) is 0.967. The number of Topliss-reactive ketones (excluding diaryl/α,β-unsaturated/α-hetero) is 1. The Morgan fingerprint density at radius 2 is 1.69 bits per heavy atom. The van der Waals surface area contributed by atoms with Gasteiger partial charge in [-0.25, -0.2) is 17.8 Å². The van der Waals surface area contributed by atoms with Crippen LogP contribution in [0.25, 0.3) is 0 Å². The minimum absolute atomic E-state index is 0.00757. The van der Waals surface area contributed by atoms with E-state index >= 15 is 0 Å². The van der Waals surface area contributed by atoms with E-state index in [1.807, 2.05) is 0 Å². The van der Waals surface area contributed by atoms with E-state index in [4.69, 9.17) is 10.5 Å². The fraction of sp³-hybridized carbons (Fsp3) is 0.649.